The first-order chi connectivity index (χ1) is 9.19. The van der Waals surface area contributed by atoms with Crippen molar-refractivity contribution in [3.8, 4) is 5.75 Å². The Morgan fingerprint density at radius 2 is 2.47 bits per heavy atom. The van der Waals surface area contributed by atoms with Crippen LogP contribution in [-0.4, -0.2) is 37.1 Å². The van der Waals surface area contributed by atoms with Gasteiger partial charge in [-0.05, 0) is 18.2 Å². The van der Waals surface area contributed by atoms with E-state index in [0.29, 0.717) is 22.9 Å². The Balaban J connectivity index is 1.95. The Hall–Kier alpha value is -0.910. The molecule has 0 aromatic heterocycles. The van der Waals surface area contributed by atoms with Gasteiger partial charge in [-0.15, -0.1) is 0 Å². The van der Waals surface area contributed by atoms with E-state index in [2.05, 4.69) is 10.6 Å². The Morgan fingerprint density at radius 3 is 3.16 bits per heavy atom. The molecule has 1 saturated heterocycles. The molecule has 2 N–H and O–H groups in total. The van der Waals surface area contributed by atoms with Crippen LogP contribution in [0.4, 0.5) is 5.69 Å². The molecule has 1 aromatic rings. The molecule has 1 aromatic carbocycles. The van der Waals surface area contributed by atoms with Gasteiger partial charge < -0.3 is 15.4 Å². The van der Waals surface area contributed by atoms with Crippen molar-refractivity contribution in [1.29, 1.82) is 0 Å². The minimum absolute atomic E-state index is 0.0273. The van der Waals surface area contributed by atoms with Crippen LogP contribution in [0.2, 0.25) is 5.02 Å². The average Bonchev–Trinajstić information content (AvgIpc) is 2.40. The molecule has 4 nitrogen and oxygen atoms in total. The fourth-order valence-electron chi connectivity index (χ4n) is 1.95. The SMILES string of the molecule is COc1ccc(Cl)cc1NC(=O)CC1CSCCN1. The Kier molecular flexibility index (Phi) is 5.36. The van der Waals surface area contributed by atoms with Gasteiger partial charge in [0.2, 0.25) is 5.91 Å². The van der Waals surface area contributed by atoms with Gasteiger partial charge in [-0.1, -0.05) is 11.6 Å². The summed E-state index contributed by atoms with van der Waals surface area (Å²) in [4.78, 5) is 12.0. The monoisotopic (exact) mass is 300 g/mol. The van der Waals surface area contributed by atoms with Crippen LogP contribution in [0.3, 0.4) is 0 Å². The quantitative estimate of drug-likeness (QED) is 0.896. The van der Waals surface area contributed by atoms with Gasteiger partial charge in [0.1, 0.15) is 5.75 Å². The van der Waals surface area contributed by atoms with Crippen molar-refractivity contribution in [3.63, 3.8) is 0 Å². The first-order valence-corrected chi connectivity index (χ1v) is 7.67. The highest BCUT2D eigenvalue weighted by Crippen LogP contribution is 2.27. The van der Waals surface area contributed by atoms with Gasteiger partial charge >= 0.3 is 0 Å². The van der Waals surface area contributed by atoms with Crippen molar-refractivity contribution in [2.75, 3.05) is 30.5 Å². The van der Waals surface area contributed by atoms with Crippen LogP contribution in [0.15, 0.2) is 18.2 Å². The third-order valence-electron chi connectivity index (χ3n) is 2.87. The normalized spacial score (nSPS) is 18.9. The van der Waals surface area contributed by atoms with Crippen molar-refractivity contribution >= 4 is 35.0 Å². The maximum atomic E-state index is 12.0. The summed E-state index contributed by atoms with van der Waals surface area (Å²) in [6, 6.07) is 5.41. The summed E-state index contributed by atoms with van der Waals surface area (Å²) >= 11 is 7.80. The van der Waals surface area contributed by atoms with Crippen LogP contribution in [0.5, 0.6) is 5.75 Å². The highest BCUT2D eigenvalue weighted by atomic mass is 35.5. The number of amides is 1. The molecule has 1 heterocycles. The zero-order valence-electron chi connectivity index (χ0n) is 10.7. The van der Waals surface area contributed by atoms with Gasteiger partial charge in [0, 0.05) is 35.5 Å². The lowest BCUT2D eigenvalue weighted by molar-refractivity contribution is -0.116. The third-order valence-corrected chi connectivity index (χ3v) is 4.23. The molecule has 1 aliphatic heterocycles. The molecule has 0 aliphatic carbocycles. The molecule has 0 radical (unpaired) electrons. The number of benzene rings is 1. The molecule has 0 bridgehead atoms. The molecule has 104 valence electrons. The molecule has 2 rings (SSSR count). The van der Waals surface area contributed by atoms with Crippen molar-refractivity contribution < 1.29 is 9.53 Å². The van der Waals surface area contributed by atoms with Crippen LogP contribution < -0.4 is 15.4 Å². The van der Waals surface area contributed by atoms with Crippen LogP contribution >= 0.6 is 23.4 Å². The van der Waals surface area contributed by atoms with E-state index < -0.39 is 0 Å². The van der Waals surface area contributed by atoms with E-state index in [0.717, 1.165) is 18.1 Å². The van der Waals surface area contributed by atoms with Crippen molar-refractivity contribution in [3.05, 3.63) is 23.2 Å². The molecular weight excluding hydrogens is 284 g/mol. The third kappa shape index (κ3) is 4.30. The summed E-state index contributed by atoms with van der Waals surface area (Å²) in [6.07, 6.45) is 0.461. The van der Waals surface area contributed by atoms with Gasteiger partial charge in [-0.2, -0.15) is 11.8 Å². The van der Waals surface area contributed by atoms with Crippen molar-refractivity contribution in [2.45, 2.75) is 12.5 Å². The van der Waals surface area contributed by atoms with E-state index in [9.17, 15) is 4.79 Å². The van der Waals surface area contributed by atoms with E-state index in [1.54, 1.807) is 25.3 Å². The number of methoxy groups -OCH3 is 1. The number of hydrogen-bond donors (Lipinski definition) is 2. The topological polar surface area (TPSA) is 50.4 Å². The molecular formula is C13H17ClN2O2S. The van der Waals surface area contributed by atoms with Gasteiger partial charge in [0.25, 0.3) is 0 Å². The summed E-state index contributed by atoms with van der Waals surface area (Å²) in [5.74, 6) is 2.67. The number of hydrogen-bond acceptors (Lipinski definition) is 4. The minimum Gasteiger partial charge on any atom is -0.495 e. The standard InChI is InChI=1S/C13H17ClN2O2S/c1-18-12-3-2-9(14)6-11(12)16-13(17)7-10-8-19-5-4-15-10/h2-3,6,10,15H,4-5,7-8H2,1H3,(H,16,17). The predicted octanol–water partition coefficient (Wildman–Crippen LogP) is 2.38. The Morgan fingerprint density at radius 1 is 1.63 bits per heavy atom. The summed E-state index contributed by atoms with van der Waals surface area (Å²) in [5.41, 5.74) is 0.614. The molecule has 6 heteroatoms. The van der Waals surface area contributed by atoms with E-state index in [1.807, 2.05) is 11.8 Å². The number of thioether (sulfide) groups is 1. The fourth-order valence-corrected chi connectivity index (χ4v) is 3.07. The molecule has 1 aliphatic rings. The maximum Gasteiger partial charge on any atom is 0.226 e. The highest BCUT2D eigenvalue weighted by Gasteiger charge is 2.17. The lowest BCUT2D eigenvalue weighted by atomic mass is 10.2. The summed E-state index contributed by atoms with van der Waals surface area (Å²) in [5, 5.41) is 6.76. The zero-order chi connectivity index (χ0) is 13.7. The highest BCUT2D eigenvalue weighted by molar-refractivity contribution is 7.99. The van der Waals surface area contributed by atoms with E-state index in [1.165, 1.54) is 0 Å². The summed E-state index contributed by atoms with van der Waals surface area (Å²) < 4.78 is 5.20. The van der Waals surface area contributed by atoms with Crippen LogP contribution in [-0.2, 0) is 4.79 Å². The molecule has 1 unspecified atom stereocenters. The molecule has 0 saturated carbocycles. The van der Waals surface area contributed by atoms with Crippen LogP contribution in [0.1, 0.15) is 6.42 Å². The van der Waals surface area contributed by atoms with E-state index >= 15 is 0 Å². The molecule has 0 spiro atoms. The van der Waals surface area contributed by atoms with Gasteiger partial charge in [-0.25, -0.2) is 0 Å². The Bertz CT molecular complexity index is 450. The number of rotatable bonds is 4. The number of carbonyl (C=O) groups excluding carboxylic acids is 1. The predicted molar refractivity (Wildman–Crippen MR) is 80.4 cm³/mol. The van der Waals surface area contributed by atoms with E-state index in [4.69, 9.17) is 16.3 Å². The second-order valence-corrected chi connectivity index (χ2v) is 5.91. The van der Waals surface area contributed by atoms with Gasteiger partial charge in [0.15, 0.2) is 0 Å². The molecule has 1 atom stereocenters. The molecule has 19 heavy (non-hydrogen) atoms. The van der Waals surface area contributed by atoms with Gasteiger partial charge in [-0.3, -0.25) is 4.79 Å². The number of halogens is 1. The molecule has 1 amide bonds. The average molecular weight is 301 g/mol. The maximum absolute atomic E-state index is 12.0. The Labute approximate surface area is 122 Å². The zero-order valence-corrected chi connectivity index (χ0v) is 12.3. The summed E-state index contributed by atoms with van der Waals surface area (Å²) in [7, 11) is 1.57. The van der Waals surface area contributed by atoms with Crippen LogP contribution in [0.25, 0.3) is 0 Å². The summed E-state index contributed by atoms with van der Waals surface area (Å²) in [6.45, 7) is 0.961. The molecule has 1 fully saturated rings. The number of anilines is 1. The smallest absolute Gasteiger partial charge is 0.226 e. The first-order valence-electron chi connectivity index (χ1n) is 6.13. The second-order valence-electron chi connectivity index (χ2n) is 4.32. The van der Waals surface area contributed by atoms with Gasteiger partial charge in [0.05, 0.1) is 12.8 Å². The van der Waals surface area contributed by atoms with Crippen LogP contribution in [0, 0.1) is 0 Å². The number of ether oxygens (including phenoxy) is 1. The fraction of sp³-hybridized carbons (Fsp3) is 0.462. The lowest BCUT2D eigenvalue weighted by Gasteiger charge is -2.22. The number of carbonyl (C=O) groups is 1. The second kappa shape index (κ2) is 7.03. The lowest BCUT2D eigenvalue weighted by Crippen LogP contribution is -2.39. The van der Waals surface area contributed by atoms with Crippen molar-refractivity contribution in [2.24, 2.45) is 0 Å². The number of nitrogens with one attached hydrogen (secondary N) is 2. The first kappa shape index (κ1) is 14.5. The van der Waals surface area contributed by atoms with Crippen molar-refractivity contribution in [1.82, 2.24) is 5.32 Å². The van der Waals surface area contributed by atoms with E-state index in [-0.39, 0.29) is 11.9 Å². The minimum atomic E-state index is -0.0273. The largest absolute Gasteiger partial charge is 0.495 e.